The molecule has 15 heavy (non-hydrogen) atoms. The lowest BCUT2D eigenvalue weighted by Gasteiger charge is -2.16. The highest BCUT2D eigenvalue weighted by atomic mass is 19.2. The van der Waals surface area contributed by atoms with Crippen LogP contribution in [-0.4, -0.2) is 17.0 Å². The first kappa shape index (κ1) is 9.76. The summed E-state index contributed by atoms with van der Waals surface area (Å²) < 4.78 is 27.3. The monoisotopic (exact) mass is 211 g/mol. The van der Waals surface area contributed by atoms with Gasteiger partial charge in [0.2, 0.25) is 11.6 Å². The van der Waals surface area contributed by atoms with Crippen LogP contribution in [0.3, 0.4) is 0 Å². The predicted octanol–water partition coefficient (Wildman–Crippen LogP) is 2.34. The van der Waals surface area contributed by atoms with Gasteiger partial charge in [0.25, 0.3) is 0 Å². The second kappa shape index (κ2) is 3.12. The summed E-state index contributed by atoms with van der Waals surface area (Å²) in [5, 5.41) is 8.52. The molecule has 0 amide bonds. The maximum absolute atomic E-state index is 14.1. The van der Waals surface area contributed by atoms with Crippen LogP contribution in [-0.2, 0) is 10.5 Å². The SMILES string of the molecule is O=C(O)CC1(F)C(F)=Nc2ccccc21. The molecule has 2 rings (SSSR count). The van der Waals surface area contributed by atoms with Gasteiger partial charge in [0, 0.05) is 5.56 Å². The number of carbonyl (C=O) groups is 1. The van der Waals surface area contributed by atoms with E-state index in [1.54, 1.807) is 6.07 Å². The second-order valence-electron chi connectivity index (χ2n) is 3.29. The summed E-state index contributed by atoms with van der Waals surface area (Å²) in [6, 6.07) is 5.89. The van der Waals surface area contributed by atoms with Crippen LogP contribution >= 0.6 is 0 Å². The minimum atomic E-state index is -2.61. The highest BCUT2D eigenvalue weighted by Gasteiger charge is 2.46. The first-order valence-electron chi connectivity index (χ1n) is 4.29. The number of benzene rings is 1. The lowest BCUT2D eigenvalue weighted by atomic mass is 9.94. The number of carboxylic acid groups (broad SMARTS) is 1. The van der Waals surface area contributed by atoms with Crippen molar-refractivity contribution in [1.82, 2.24) is 0 Å². The number of aliphatic imine (C=N–C) groups is 1. The van der Waals surface area contributed by atoms with Gasteiger partial charge in [-0.1, -0.05) is 18.2 Å². The van der Waals surface area contributed by atoms with E-state index in [1.165, 1.54) is 18.2 Å². The Morgan fingerprint density at radius 2 is 2.13 bits per heavy atom. The normalized spacial score (nSPS) is 23.5. The van der Waals surface area contributed by atoms with E-state index in [0.29, 0.717) is 0 Å². The van der Waals surface area contributed by atoms with Crippen LogP contribution in [0.2, 0.25) is 0 Å². The molecule has 1 aliphatic heterocycles. The number of alkyl halides is 1. The molecule has 1 aromatic rings. The Labute approximate surface area is 84.1 Å². The van der Waals surface area contributed by atoms with Crippen LogP contribution < -0.4 is 0 Å². The molecule has 1 aromatic carbocycles. The molecule has 3 nitrogen and oxygen atoms in total. The van der Waals surface area contributed by atoms with Crippen molar-refractivity contribution in [2.24, 2.45) is 4.99 Å². The molecule has 5 heteroatoms. The molecule has 0 bridgehead atoms. The predicted molar refractivity (Wildman–Crippen MR) is 49.7 cm³/mol. The van der Waals surface area contributed by atoms with E-state index < -0.39 is 24.0 Å². The van der Waals surface area contributed by atoms with Crippen LogP contribution in [0.25, 0.3) is 0 Å². The molecule has 0 fully saturated rings. The number of nitrogens with zero attached hydrogens (tertiary/aromatic N) is 1. The smallest absolute Gasteiger partial charge is 0.307 e. The fraction of sp³-hybridized carbons (Fsp3) is 0.200. The van der Waals surface area contributed by atoms with Crippen LogP contribution in [0, 0.1) is 0 Å². The number of para-hydroxylation sites is 1. The van der Waals surface area contributed by atoms with Gasteiger partial charge in [-0.2, -0.15) is 4.39 Å². The van der Waals surface area contributed by atoms with Crippen LogP contribution in [0.1, 0.15) is 12.0 Å². The van der Waals surface area contributed by atoms with Gasteiger partial charge in [-0.15, -0.1) is 0 Å². The van der Waals surface area contributed by atoms with Gasteiger partial charge in [0.1, 0.15) is 0 Å². The van der Waals surface area contributed by atoms with Gasteiger partial charge < -0.3 is 5.11 Å². The van der Waals surface area contributed by atoms with E-state index in [-0.39, 0.29) is 11.3 Å². The molecule has 78 valence electrons. The van der Waals surface area contributed by atoms with Crippen molar-refractivity contribution >= 4 is 17.6 Å². The lowest BCUT2D eigenvalue weighted by molar-refractivity contribution is -0.139. The molecule has 0 saturated heterocycles. The van der Waals surface area contributed by atoms with Crippen molar-refractivity contribution in [2.45, 2.75) is 12.1 Å². The van der Waals surface area contributed by atoms with Crippen molar-refractivity contribution < 1.29 is 18.7 Å². The number of rotatable bonds is 2. The largest absolute Gasteiger partial charge is 0.481 e. The molecular weight excluding hydrogens is 204 g/mol. The zero-order chi connectivity index (χ0) is 11.1. The summed E-state index contributed by atoms with van der Waals surface area (Å²) in [6.45, 7) is 0. The van der Waals surface area contributed by atoms with E-state index in [0.717, 1.165) is 0 Å². The van der Waals surface area contributed by atoms with Gasteiger partial charge in [0.05, 0.1) is 12.1 Å². The van der Waals surface area contributed by atoms with Crippen molar-refractivity contribution in [1.29, 1.82) is 0 Å². The topological polar surface area (TPSA) is 49.7 Å². The minimum Gasteiger partial charge on any atom is -0.481 e. The molecule has 1 N–H and O–H groups in total. The molecule has 0 radical (unpaired) electrons. The highest BCUT2D eigenvalue weighted by Crippen LogP contribution is 2.43. The van der Waals surface area contributed by atoms with Gasteiger partial charge in [-0.05, 0) is 6.07 Å². The van der Waals surface area contributed by atoms with Gasteiger partial charge in [-0.25, -0.2) is 9.38 Å². The molecule has 1 unspecified atom stereocenters. The van der Waals surface area contributed by atoms with E-state index in [2.05, 4.69) is 4.99 Å². The summed E-state index contributed by atoms with van der Waals surface area (Å²) in [5.41, 5.74) is -2.48. The van der Waals surface area contributed by atoms with Gasteiger partial charge in [0.15, 0.2) is 0 Å². The number of hydrogen-bond acceptors (Lipinski definition) is 2. The summed E-state index contributed by atoms with van der Waals surface area (Å²) in [7, 11) is 0. The van der Waals surface area contributed by atoms with Crippen LogP contribution in [0.4, 0.5) is 14.5 Å². The third kappa shape index (κ3) is 1.40. The number of hydrogen-bond donors (Lipinski definition) is 1. The molecular formula is C10H7F2NO2. The quantitative estimate of drug-likeness (QED) is 0.816. The molecule has 0 aromatic heterocycles. The fourth-order valence-corrected chi connectivity index (χ4v) is 1.59. The average molecular weight is 211 g/mol. The highest BCUT2D eigenvalue weighted by molar-refractivity contribution is 5.96. The van der Waals surface area contributed by atoms with Crippen LogP contribution in [0.5, 0.6) is 0 Å². The summed E-state index contributed by atoms with van der Waals surface area (Å²) in [6.07, 6.45) is -0.945. The van der Waals surface area contributed by atoms with Crippen molar-refractivity contribution in [2.75, 3.05) is 0 Å². The third-order valence-electron chi connectivity index (χ3n) is 2.27. The maximum Gasteiger partial charge on any atom is 0.307 e. The van der Waals surface area contributed by atoms with E-state index in [9.17, 15) is 13.6 Å². The minimum absolute atomic E-state index is 0.0232. The van der Waals surface area contributed by atoms with E-state index in [1.807, 2.05) is 0 Å². The summed E-state index contributed by atoms with van der Waals surface area (Å²) in [4.78, 5) is 13.8. The van der Waals surface area contributed by atoms with Crippen molar-refractivity contribution in [3.63, 3.8) is 0 Å². The standard InChI is InChI=1S/C10H7F2NO2/c11-9-10(12,5-8(14)15)6-3-1-2-4-7(6)13-9/h1-4H,5H2,(H,14,15). The summed E-state index contributed by atoms with van der Waals surface area (Å²) >= 11 is 0. The Morgan fingerprint density at radius 3 is 2.80 bits per heavy atom. The number of carboxylic acids is 1. The first-order valence-corrected chi connectivity index (χ1v) is 4.29. The molecule has 0 saturated carbocycles. The fourth-order valence-electron chi connectivity index (χ4n) is 1.59. The van der Waals surface area contributed by atoms with E-state index in [4.69, 9.17) is 5.11 Å². The molecule has 1 atom stereocenters. The second-order valence-corrected chi connectivity index (χ2v) is 3.29. The molecule has 1 aliphatic rings. The Hall–Kier alpha value is -1.78. The Kier molecular flexibility index (Phi) is 2.03. The third-order valence-corrected chi connectivity index (χ3v) is 2.27. The van der Waals surface area contributed by atoms with Crippen LogP contribution in [0.15, 0.2) is 29.3 Å². The molecule has 0 aliphatic carbocycles. The Morgan fingerprint density at radius 1 is 1.47 bits per heavy atom. The van der Waals surface area contributed by atoms with E-state index >= 15 is 0 Å². The number of aliphatic carboxylic acids is 1. The lowest BCUT2D eigenvalue weighted by Crippen LogP contribution is -2.28. The van der Waals surface area contributed by atoms with Crippen molar-refractivity contribution in [3.8, 4) is 0 Å². The average Bonchev–Trinajstić information content (AvgIpc) is 2.39. The van der Waals surface area contributed by atoms with Gasteiger partial charge >= 0.3 is 5.97 Å². The number of halogens is 2. The summed E-state index contributed by atoms with van der Waals surface area (Å²) in [5.74, 6) is -2.69. The maximum atomic E-state index is 14.1. The zero-order valence-electron chi connectivity index (χ0n) is 7.58. The molecule has 0 spiro atoms. The number of fused-ring (bicyclic) bond motifs is 1. The Bertz CT molecular complexity index is 458. The van der Waals surface area contributed by atoms with Gasteiger partial charge in [-0.3, -0.25) is 4.79 Å². The first-order chi connectivity index (χ1) is 7.04. The molecule has 1 heterocycles. The zero-order valence-corrected chi connectivity index (χ0v) is 7.58. The van der Waals surface area contributed by atoms with Crippen molar-refractivity contribution in [3.05, 3.63) is 29.8 Å². The Balaban J connectivity index is 2.51.